The van der Waals surface area contributed by atoms with E-state index in [4.69, 9.17) is 9.47 Å². The Morgan fingerprint density at radius 2 is 1.87 bits per heavy atom. The molecule has 1 N–H and O–H groups in total. The number of alkyl halides is 3. The molecule has 7 atom stereocenters. The number of fused-ring (bicyclic) bond motifs is 2. The van der Waals surface area contributed by atoms with Crippen molar-refractivity contribution in [1.82, 2.24) is 0 Å². The van der Waals surface area contributed by atoms with Crippen LogP contribution in [0.25, 0.3) is 0 Å². The Kier molecular flexibility index (Phi) is 5.39. The molecule has 4 nitrogen and oxygen atoms in total. The number of carbonyl (C=O) groups excluding carboxylic acids is 1. The monoisotopic (exact) mass is 542 g/mol. The number of halogens is 2. The molecule has 0 amide bonds. The van der Waals surface area contributed by atoms with Crippen molar-refractivity contribution >= 4 is 25.6 Å². The first-order chi connectivity index (χ1) is 14.7. The number of aliphatic hydroxyl groups excluding tert-OH is 1. The number of hydrogen-bond acceptors (Lipinski definition) is 4. The molecule has 7 unspecified atom stereocenters. The standard InChI is InChI=1S/C25H32FIO4/c1-14-5-10-18-25(22(14)29)15(2)30-23(16-6-8-17(26)9-7-16)31-21(25)13-19-24(3,4)20(28)11-12-27(18)19/h6-9,15,18-19,21-23,29H,1,5,10-13H2,2-4H3. The first-order valence-electron chi connectivity index (χ1n) is 11.3. The van der Waals surface area contributed by atoms with Crippen LogP contribution in [-0.4, -0.2) is 41.5 Å². The number of carbonyl (C=O) groups is 1. The molecule has 1 aliphatic carbocycles. The van der Waals surface area contributed by atoms with Crippen molar-refractivity contribution in [1.29, 1.82) is 0 Å². The third-order valence-corrected chi connectivity index (χ3v) is 17.7. The summed E-state index contributed by atoms with van der Waals surface area (Å²) in [6, 6.07) is 6.25. The van der Waals surface area contributed by atoms with Crippen molar-refractivity contribution in [2.45, 2.75) is 78.9 Å². The molecular formula is C25H32FIO4. The van der Waals surface area contributed by atoms with Crippen molar-refractivity contribution in [2.24, 2.45) is 10.8 Å². The third kappa shape index (κ3) is 3.11. The summed E-state index contributed by atoms with van der Waals surface area (Å²) in [6.45, 7) is 10.5. The number of rotatable bonds is 1. The van der Waals surface area contributed by atoms with E-state index in [-0.39, 0.29) is 23.4 Å². The van der Waals surface area contributed by atoms with Gasteiger partial charge in [-0.05, 0) is 0 Å². The van der Waals surface area contributed by atoms with Gasteiger partial charge in [0.15, 0.2) is 0 Å². The van der Waals surface area contributed by atoms with Crippen molar-refractivity contribution in [2.75, 3.05) is 4.43 Å². The van der Waals surface area contributed by atoms with Gasteiger partial charge in [-0.25, -0.2) is 0 Å². The van der Waals surface area contributed by atoms with Crippen LogP contribution in [0.3, 0.4) is 0 Å². The Balaban J connectivity index is 1.57. The fourth-order valence-corrected chi connectivity index (χ4v) is 17.3. The Labute approximate surface area is 191 Å². The van der Waals surface area contributed by atoms with E-state index < -0.39 is 37.6 Å². The van der Waals surface area contributed by atoms with Gasteiger partial charge in [0.2, 0.25) is 0 Å². The predicted molar refractivity (Wildman–Crippen MR) is 126 cm³/mol. The van der Waals surface area contributed by atoms with Crippen molar-refractivity contribution in [3.05, 3.63) is 47.8 Å². The maximum absolute atomic E-state index is 13.5. The second kappa shape index (κ2) is 7.61. The van der Waals surface area contributed by atoms with Gasteiger partial charge in [0.25, 0.3) is 0 Å². The van der Waals surface area contributed by atoms with Crippen LogP contribution in [0.2, 0.25) is 0 Å². The molecule has 1 aromatic rings. The van der Waals surface area contributed by atoms with Gasteiger partial charge in [0.05, 0.1) is 0 Å². The van der Waals surface area contributed by atoms with Crippen LogP contribution in [0.1, 0.15) is 58.3 Å². The molecule has 5 rings (SSSR count). The van der Waals surface area contributed by atoms with Gasteiger partial charge in [0, 0.05) is 0 Å². The minimum atomic E-state index is -1.60. The molecular weight excluding hydrogens is 510 g/mol. The predicted octanol–water partition coefficient (Wildman–Crippen LogP) is 4.97. The Hall–Kier alpha value is -0.830. The molecule has 3 heterocycles. The summed E-state index contributed by atoms with van der Waals surface area (Å²) >= 11 is -1.60. The zero-order valence-electron chi connectivity index (χ0n) is 18.4. The van der Waals surface area contributed by atoms with Gasteiger partial charge < -0.3 is 0 Å². The SMILES string of the molecule is C=C1CCC2I3CCC(=O)C(C)(C)C3CC3OC(c4ccc(F)cc4)OC(C)C32C1O. The van der Waals surface area contributed by atoms with E-state index in [1.807, 2.05) is 0 Å². The maximum atomic E-state index is 13.5. The summed E-state index contributed by atoms with van der Waals surface area (Å²) in [7, 11) is 0. The van der Waals surface area contributed by atoms with Crippen molar-refractivity contribution in [3.63, 3.8) is 0 Å². The van der Waals surface area contributed by atoms with Crippen LogP contribution in [-0.2, 0) is 14.3 Å². The van der Waals surface area contributed by atoms with Crippen LogP contribution >= 0.6 is 19.8 Å². The molecule has 31 heavy (non-hydrogen) atoms. The molecule has 4 fully saturated rings. The fraction of sp³-hybridized carbons (Fsp3) is 0.640. The van der Waals surface area contributed by atoms with Gasteiger partial charge >= 0.3 is 191 Å². The molecule has 0 bridgehead atoms. The topological polar surface area (TPSA) is 55.8 Å². The van der Waals surface area contributed by atoms with Gasteiger partial charge in [0.1, 0.15) is 0 Å². The number of Topliss-reactive ketones (excluding diaryl/α,β-unsaturated/α-hetero) is 1. The number of ketones is 1. The van der Waals surface area contributed by atoms with Crippen LogP contribution in [0, 0.1) is 16.6 Å². The van der Waals surface area contributed by atoms with Crippen LogP contribution < -0.4 is 0 Å². The summed E-state index contributed by atoms with van der Waals surface area (Å²) in [5, 5.41) is 11.5. The molecule has 1 spiro atoms. The second-order valence-corrected chi connectivity index (χ2v) is 16.6. The number of ether oxygens (including phenoxy) is 2. The summed E-state index contributed by atoms with van der Waals surface area (Å²) in [5.74, 6) is 0.0763. The van der Waals surface area contributed by atoms with Gasteiger partial charge in [-0.2, -0.15) is 0 Å². The zero-order chi connectivity index (χ0) is 22.1. The molecule has 0 aromatic heterocycles. The van der Waals surface area contributed by atoms with E-state index in [1.165, 1.54) is 12.1 Å². The van der Waals surface area contributed by atoms with Crippen LogP contribution in [0.4, 0.5) is 4.39 Å². The third-order valence-electron chi connectivity index (χ3n) is 8.28. The molecule has 0 radical (unpaired) electrons. The minimum absolute atomic E-state index is 0.211. The average Bonchev–Trinajstić information content (AvgIpc) is 2.73. The molecule has 1 aromatic carbocycles. The molecule has 3 aliphatic heterocycles. The van der Waals surface area contributed by atoms with Crippen molar-refractivity contribution in [3.8, 4) is 0 Å². The Morgan fingerprint density at radius 1 is 1.16 bits per heavy atom. The normalized spacial score (nSPS) is 43.1. The van der Waals surface area contributed by atoms with Gasteiger partial charge in [-0.15, -0.1) is 0 Å². The van der Waals surface area contributed by atoms with E-state index in [0.29, 0.717) is 20.1 Å². The van der Waals surface area contributed by atoms with E-state index in [1.54, 1.807) is 12.1 Å². The molecule has 4 aliphatic rings. The van der Waals surface area contributed by atoms with E-state index in [9.17, 15) is 14.3 Å². The van der Waals surface area contributed by atoms with E-state index in [2.05, 4.69) is 27.4 Å². The molecule has 170 valence electrons. The first-order valence-corrected chi connectivity index (χ1v) is 15.3. The van der Waals surface area contributed by atoms with E-state index >= 15 is 0 Å². The van der Waals surface area contributed by atoms with Gasteiger partial charge in [-0.3, -0.25) is 0 Å². The summed E-state index contributed by atoms with van der Waals surface area (Å²) in [5.41, 5.74) is 0.833. The number of aliphatic hydroxyl groups is 1. The zero-order valence-corrected chi connectivity index (χ0v) is 20.6. The first kappa shape index (κ1) is 22.0. The fourth-order valence-electron chi connectivity index (χ4n) is 6.45. The molecule has 1 saturated carbocycles. The summed E-state index contributed by atoms with van der Waals surface area (Å²) < 4.78 is 28.3. The average molecular weight is 542 g/mol. The molecule has 3 saturated heterocycles. The molecule has 6 heteroatoms. The van der Waals surface area contributed by atoms with Gasteiger partial charge in [-0.1, -0.05) is 0 Å². The quantitative estimate of drug-likeness (QED) is 0.310. The number of hydrogen-bond donors (Lipinski definition) is 1. The van der Waals surface area contributed by atoms with Crippen molar-refractivity contribution < 1.29 is 23.8 Å². The Morgan fingerprint density at radius 3 is 2.58 bits per heavy atom. The second-order valence-electron chi connectivity index (χ2n) is 10.1. The van der Waals surface area contributed by atoms with Crippen LogP contribution in [0.5, 0.6) is 0 Å². The Bertz CT molecular complexity index is 899. The number of benzene rings is 1. The summed E-state index contributed by atoms with van der Waals surface area (Å²) in [6.07, 6.45) is 1.63. The van der Waals surface area contributed by atoms with E-state index in [0.717, 1.165) is 34.8 Å². The summed E-state index contributed by atoms with van der Waals surface area (Å²) in [4.78, 5) is 12.8. The van der Waals surface area contributed by atoms with Crippen LogP contribution in [0.15, 0.2) is 36.4 Å².